The van der Waals surface area contributed by atoms with E-state index in [0.29, 0.717) is 5.92 Å². The summed E-state index contributed by atoms with van der Waals surface area (Å²) < 4.78 is 5.66. The minimum atomic E-state index is -0.0560. The molecule has 0 saturated carbocycles. The monoisotopic (exact) mass is 204 g/mol. The van der Waals surface area contributed by atoms with E-state index in [2.05, 4.69) is 18.8 Å². The minimum Gasteiger partial charge on any atom is -0.458 e. The van der Waals surface area contributed by atoms with E-state index in [4.69, 9.17) is 10.2 Å². The van der Waals surface area contributed by atoms with Crippen molar-refractivity contribution < 1.29 is 4.42 Å². The van der Waals surface area contributed by atoms with Crippen LogP contribution in [0.4, 0.5) is 0 Å². The summed E-state index contributed by atoms with van der Waals surface area (Å²) in [6, 6.07) is 5.76. The second-order valence-electron chi connectivity index (χ2n) is 4.25. The number of pyridine rings is 1. The van der Waals surface area contributed by atoms with Crippen molar-refractivity contribution in [2.75, 3.05) is 0 Å². The van der Waals surface area contributed by atoms with E-state index in [1.165, 1.54) is 0 Å². The van der Waals surface area contributed by atoms with Crippen LogP contribution in [0.1, 0.15) is 31.3 Å². The van der Waals surface area contributed by atoms with Crippen molar-refractivity contribution >= 4 is 11.1 Å². The molecule has 3 heteroatoms. The first-order valence-electron chi connectivity index (χ1n) is 5.20. The van der Waals surface area contributed by atoms with Gasteiger partial charge in [-0.3, -0.25) is 0 Å². The smallest absolute Gasteiger partial charge is 0.152 e. The number of furan rings is 1. The fourth-order valence-corrected chi connectivity index (χ4v) is 1.54. The summed E-state index contributed by atoms with van der Waals surface area (Å²) in [5.74, 6) is 1.18. The second-order valence-corrected chi connectivity index (χ2v) is 4.25. The van der Waals surface area contributed by atoms with Crippen molar-refractivity contribution in [3.05, 3.63) is 29.7 Å². The predicted molar refractivity (Wildman–Crippen MR) is 60.5 cm³/mol. The highest BCUT2D eigenvalue weighted by atomic mass is 16.3. The zero-order chi connectivity index (χ0) is 11.0. The van der Waals surface area contributed by atoms with E-state index in [9.17, 15) is 0 Å². The second kappa shape index (κ2) is 3.66. The Morgan fingerprint density at radius 3 is 2.73 bits per heavy atom. The zero-order valence-corrected chi connectivity index (χ0v) is 9.32. The van der Waals surface area contributed by atoms with Gasteiger partial charge >= 0.3 is 0 Å². The molecule has 2 heterocycles. The Morgan fingerprint density at radius 1 is 1.33 bits per heavy atom. The van der Waals surface area contributed by atoms with Gasteiger partial charge in [-0.05, 0) is 25.0 Å². The summed E-state index contributed by atoms with van der Waals surface area (Å²) >= 11 is 0. The summed E-state index contributed by atoms with van der Waals surface area (Å²) in [4.78, 5) is 4.39. The van der Waals surface area contributed by atoms with Crippen LogP contribution in [-0.4, -0.2) is 4.98 Å². The van der Waals surface area contributed by atoms with Crippen LogP contribution in [0.5, 0.6) is 0 Å². The van der Waals surface area contributed by atoms with Gasteiger partial charge in [0.1, 0.15) is 11.3 Å². The minimum absolute atomic E-state index is 0.0560. The molecule has 1 unspecified atom stereocenters. The summed E-state index contributed by atoms with van der Waals surface area (Å²) in [5, 5.41) is 0. The Bertz CT molecular complexity index is 473. The van der Waals surface area contributed by atoms with Crippen LogP contribution in [0.25, 0.3) is 11.1 Å². The normalized spacial score (nSPS) is 13.7. The zero-order valence-electron chi connectivity index (χ0n) is 9.32. The Balaban J connectivity index is 2.47. The third-order valence-electron chi connectivity index (χ3n) is 2.58. The lowest BCUT2D eigenvalue weighted by Crippen LogP contribution is -2.15. The summed E-state index contributed by atoms with van der Waals surface area (Å²) in [6.45, 7) is 6.13. The highest BCUT2D eigenvalue weighted by Crippen LogP contribution is 2.25. The number of rotatable bonds is 2. The van der Waals surface area contributed by atoms with Crippen LogP contribution in [0.15, 0.2) is 22.6 Å². The molecular weight excluding hydrogens is 188 g/mol. The van der Waals surface area contributed by atoms with Gasteiger partial charge < -0.3 is 10.2 Å². The van der Waals surface area contributed by atoms with Gasteiger partial charge in [0.05, 0.1) is 6.04 Å². The van der Waals surface area contributed by atoms with Crippen LogP contribution in [0, 0.1) is 12.8 Å². The van der Waals surface area contributed by atoms with Crippen LogP contribution in [-0.2, 0) is 0 Å². The molecule has 0 aromatic carbocycles. The molecule has 2 aromatic rings. The van der Waals surface area contributed by atoms with Gasteiger partial charge in [-0.2, -0.15) is 0 Å². The van der Waals surface area contributed by atoms with E-state index in [-0.39, 0.29) is 6.04 Å². The Morgan fingerprint density at radius 2 is 2.07 bits per heavy atom. The molecule has 3 nitrogen and oxygen atoms in total. The Hall–Kier alpha value is -1.35. The lowest BCUT2D eigenvalue weighted by atomic mass is 10.0. The highest BCUT2D eigenvalue weighted by Gasteiger charge is 2.15. The molecular formula is C12H16N2O. The first-order valence-corrected chi connectivity index (χ1v) is 5.20. The van der Waals surface area contributed by atoms with E-state index in [1.807, 2.05) is 25.1 Å². The number of nitrogens with zero attached hydrogens (tertiary/aromatic N) is 1. The third-order valence-corrected chi connectivity index (χ3v) is 2.58. The van der Waals surface area contributed by atoms with Crippen LogP contribution >= 0.6 is 0 Å². The quantitative estimate of drug-likeness (QED) is 0.818. The average molecular weight is 204 g/mol. The molecule has 0 saturated heterocycles. The molecule has 0 spiro atoms. The van der Waals surface area contributed by atoms with E-state index < -0.39 is 0 Å². The molecule has 0 radical (unpaired) electrons. The predicted octanol–water partition coefficient (Wildman–Crippen LogP) is 2.79. The summed E-state index contributed by atoms with van der Waals surface area (Å²) in [6.07, 6.45) is 0. The maximum Gasteiger partial charge on any atom is 0.152 e. The molecule has 0 bridgehead atoms. The lowest BCUT2D eigenvalue weighted by molar-refractivity contribution is 0.418. The first-order chi connectivity index (χ1) is 7.08. The van der Waals surface area contributed by atoms with Crippen molar-refractivity contribution in [1.29, 1.82) is 0 Å². The van der Waals surface area contributed by atoms with E-state index in [1.54, 1.807) is 0 Å². The molecule has 2 N–H and O–H groups in total. The van der Waals surface area contributed by atoms with Crippen LogP contribution in [0.3, 0.4) is 0 Å². The molecule has 0 fully saturated rings. The summed E-state index contributed by atoms with van der Waals surface area (Å²) in [5.41, 5.74) is 8.71. The molecule has 0 amide bonds. The van der Waals surface area contributed by atoms with Gasteiger partial charge in [-0.15, -0.1) is 0 Å². The molecule has 15 heavy (non-hydrogen) atoms. The lowest BCUT2D eigenvalue weighted by Gasteiger charge is -2.11. The number of fused-ring (bicyclic) bond motifs is 1. The topological polar surface area (TPSA) is 52.0 Å². The standard InChI is InChI=1S/C12H16N2O/c1-7(2)12(13)11-6-9-10(15-11)5-4-8(3)14-9/h4-7,12H,13H2,1-3H3. The first kappa shape index (κ1) is 10.2. The molecule has 0 aliphatic rings. The number of aryl methyl sites for hydroxylation is 1. The Labute approximate surface area is 89.3 Å². The highest BCUT2D eigenvalue weighted by molar-refractivity contribution is 5.73. The van der Waals surface area contributed by atoms with Crippen molar-refractivity contribution in [2.24, 2.45) is 11.7 Å². The van der Waals surface area contributed by atoms with Crippen molar-refractivity contribution in [3.63, 3.8) is 0 Å². The maximum absolute atomic E-state index is 6.02. The fraction of sp³-hybridized carbons (Fsp3) is 0.417. The van der Waals surface area contributed by atoms with Gasteiger partial charge in [0.15, 0.2) is 5.58 Å². The number of nitrogens with two attached hydrogens (primary N) is 1. The van der Waals surface area contributed by atoms with Crippen molar-refractivity contribution in [1.82, 2.24) is 4.98 Å². The average Bonchev–Trinajstić information content (AvgIpc) is 2.58. The van der Waals surface area contributed by atoms with Gasteiger partial charge in [-0.1, -0.05) is 13.8 Å². The molecule has 80 valence electrons. The third kappa shape index (κ3) is 1.88. The molecule has 0 aliphatic heterocycles. The number of aromatic nitrogens is 1. The van der Waals surface area contributed by atoms with Crippen LogP contribution in [0.2, 0.25) is 0 Å². The largest absolute Gasteiger partial charge is 0.458 e. The Kier molecular flexibility index (Phi) is 2.49. The van der Waals surface area contributed by atoms with Gasteiger partial charge in [0.25, 0.3) is 0 Å². The molecule has 1 atom stereocenters. The number of hydrogen-bond donors (Lipinski definition) is 1. The van der Waals surface area contributed by atoms with Gasteiger partial charge in [0.2, 0.25) is 0 Å². The van der Waals surface area contributed by atoms with Crippen LogP contribution < -0.4 is 5.73 Å². The molecule has 2 rings (SSSR count). The van der Waals surface area contributed by atoms with Gasteiger partial charge in [-0.25, -0.2) is 4.98 Å². The summed E-state index contributed by atoms with van der Waals surface area (Å²) in [7, 11) is 0. The van der Waals surface area contributed by atoms with Crippen molar-refractivity contribution in [3.8, 4) is 0 Å². The molecule has 0 aliphatic carbocycles. The SMILES string of the molecule is Cc1ccc2oc(C(N)C(C)C)cc2n1. The maximum atomic E-state index is 6.02. The molecule has 2 aromatic heterocycles. The fourth-order valence-electron chi connectivity index (χ4n) is 1.54. The van der Waals surface area contributed by atoms with E-state index >= 15 is 0 Å². The van der Waals surface area contributed by atoms with E-state index in [0.717, 1.165) is 22.6 Å². The van der Waals surface area contributed by atoms with Gasteiger partial charge in [0, 0.05) is 11.8 Å². The number of hydrogen-bond acceptors (Lipinski definition) is 3. The van der Waals surface area contributed by atoms with Crippen molar-refractivity contribution in [2.45, 2.75) is 26.8 Å².